The minimum atomic E-state index is 0.742. The van der Waals surface area contributed by atoms with Crippen molar-refractivity contribution in [2.45, 2.75) is 20.4 Å². The second-order valence-electron chi connectivity index (χ2n) is 6.03. The van der Waals surface area contributed by atoms with Crippen LogP contribution in [0.25, 0.3) is 0 Å². The van der Waals surface area contributed by atoms with E-state index in [-0.39, 0.29) is 0 Å². The first-order valence-corrected chi connectivity index (χ1v) is 8.19. The molecule has 0 radical (unpaired) electrons. The van der Waals surface area contributed by atoms with Crippen LogP contribution in [0.4, 0.5) is 5.69 Å². The van der Waals surface area contributed by atoms with Gasteiger partial charge in [-0.2, -0.15) is 5.10 Å². The standard InChI is InChI=1S/C22H22N2/c1-18-8-12-20(13-9-18)16-23-24(17-21-6-4-3-5-7-21)22-14-10-19(2)11-15-22/h3-16H,17H2,1-2H3/b23-16+. The molecular formula is C22H22N2. The van der Waals surface area contributed by atoms with Gasteiger partial charge in [-0.15, -0.1) is 0 Å². The molecule has 0 unspecified atom stereocenters. The number of rotatable bonds is 5. The Morgan fingerprint density at radius 2 is 1.33 bits per heavy atom. The zero-order valence-electron chi connectivity index (χ0n) is 14.2. The quantitative estimate of drug-likeness (QED) is 0.458. The van der Waals surface area contributed by atoms with E-state index in [0.29, 0.717) is 0 Å². The van der Waals surface area contributed by atoms with Gasteiger partial charge >= 0.3 is 0 Å². The highest BCUT2D eigenvalue weighted by atomic mass is 15.4. The summed E-state index contributed by atoms with van der Waals surface area (Å²) in [5.74, 6) is 0. The molecule has 0 fully saturated rings. The Hall–Kier alpha value is -2.87. The summed E-state index contributed by atoms with van der Waals surface area (Å²) in [7, 11) is 0. The van der Waals surface area contributed by atoms with Crippen molar-refractivity contribution >= 4 is 11.9 Å². The lowest BCUT2D eigenvalue weighted by molar-refractivity contribution is 0.858. The summed E-state index contributed by atoms with van der Waals surface area (Å²) < 4.78 is 0. The molecule has 2 nitrogen and oxygen atoms in total. The molecule has 0 bridgehead atoms. The second-order valence-corrected chi connectivity index (χ2v) is 6.03. The average molecular weight is 314 g/mol. The van der Waals surface area contributed by atoms with E-state index in [2.05, 4.69) is 86.6 Å². The van der Waals surface area contributed by atoms with Crippen LogP contribution in [0.2, 0.25) is 0 Å². The molecule has 0 saturated heterocycles. The maximum atomic E-state index is 4.73. The van der Waals surface area contributed by atoms with Crippen LogP contribution in [0.15, 0.2) is 84.0 Å². The van der Waals surface area contributed by atoms with Gasteiger partial charge in [0.25, 0.3) is 0 Å². The van der Waals surface area contributed by atoms with Gasteiger partial charge in [0.05, 0.1) is 18.4 Å². The van der Waals surface area contributed by atoms with Crippen LogP contribution in [0, 0.1) is 13.8 Å². The predicted molar refractivity (Wildman–Crippen MR) is 103 cm³/mol. The van der Waals surface area contributed by atoms with E-state index in [0.717, 1.165) is 17.8 Å². The third-order valence-corrected chi connectivity index (χ3v) is 3.93. The molecule has 0 amide bonds. The van der Waals surface area contributed by atoms with E-state index in [1.165, 1.54) is 16.7 Å². The summed E-state index contributed by atoms with van der Waals surface area (Å²) in [4.78, 5) is 0. The lowest BCUT2D eigenvalue weighted by Gasteiger charge is -2.19. The summed E-state index contributed by atoms with van der Waals surface area (Å²) in [6.07, 6.45) is 1.92. The lowest BCUT2D eigenvalue weighted by atomic mass is 10.2. The monoisotopic (exact) mass is 314 g/mol. The normalized spacial score (nSPS) is 10.9. The highest BCUT2D eigenvalue weighted by Crippen LogP contribution is 2.18. The van der Waals surface area contributed by atoms with Crippen molar-refractivity contribution in [2.24, 2.45) is 5.10 Å². The van der Waals surface area contributed by atoms with Gasteiger partial charge < -0.3 is 0 Å². The SMILES string of the molecule is Cc1ccc(/C=N/N(Cc2ccccc2)c2ccc(C)cc2)cc1. The second kappa shape index (κ2) is 7.60. The number of hydrazone groups is 1. The Bertz CT molecular complexity index is 788. The molecule has 0 aliphatic heterocycles. The molecule has 3 aromatic rings. The minimum Gasteiger partial charge on any atom is -0.261 e. The van der Waals surface area contributed by atoms with Crippen molar-refractivity contribution in [1.29, 1.82) is 0 Å². The van der Waals surface area contributed by atoms with Crippen LogP contribution < -0.4 is 5.01 Å². The zero-order valence-corrected chi connectivity index (χ0v) is 14.2. The summed E-state index contributed by atoms with van der Waals surface area (Å²) in [5, 5.41) is 6.76. The fourth-order valence-electron chi connectivity index (χ4n) is 2.46. The Kier molecular flexibility index (Phi) is 5.07. The van der Waals surface area contributed by atoms with Gasteiger partial charge in [0, 0.05) is 0 Å². The summed E-state index contributed by atoms with van der Waals surface area (Å²) in [6.45, 7) is 4.93. The highest BCUT2D eigenvalue weighted by Gasteiger charge is 2.05. The summed E-state index contributed by atoms with van der Waals surface area (Å²) in [6, 6.07) is 27.3. The van der Waals surface area contributed by atoms with Crippen LogP contribution in [0.5, 0.6) is 0 Å². The van der Waals surface area contributed by atoms with Crippen molar-refractivity contribution in [2.75, 3.05) is 5.01 Å². The Morgan fingerprint density at radius 1 is 0.750 bits per heavy atom. The third kappa shape index (κ3) is 4.32. The molecule has 24 heavy (non-hydrogen) atoms. The lowest BCUT2D eigenvalue weighted by Crippen LogP contribution is -2.16. The maximum Gasteiger partial charge on any atom is 0.0666 e. The molecule has 0 spiro atoms. The number of hydrogen-bond donors (Lipinski definition) is 0. The van der Waals surface area contributed by atoms with E-state index < -0.39 is 0 Å². The van der Waals surface area contributed by atoms with E-state index in [1.54, 1.807) is 0 Å². The van der Waals surface area contributed by atoms with Crippen LogP contribution in [-0.2, 0) is 6.54 Å². The van der Waals surface area contributed by atoms with E-state index in [4.69, 9.17) is 5.10 Å². The molecule has 0 N–H and O–H groups in total. The fourth-order valence-corrected chi connectivity index (χ4v) is 2.46. The number of aryl methyl sites for hydroxylation is 2. The smallest absolute Gasteiger partial charge is 0.0666 e. The highest BCUT2D eigenvalue weighted by molar-refractivity contribution is 5.80. The molecule has 0 aromatic heterocycles. The van der Waals surface area contributed by atoms with E-state index in [1.807, 2.05) is 17.3 Å². The molecule has 3 aromatic carbocycles. The molecule has 0 aliphatic rings. The Morgan fingerprint density at radius 3 is 1.96 bits per heavy atom. The van der Waals surface area contributed by atoms with Gasteiger partial charge in [0.1, 0.15) is 0 Å². The molecule has 0 atom stereocenters. The maximum absolute atomic E-state index is 4.73. The minimum absolute atomic E-state index is 0.742. The average Bonchev–Trinajstić information content (AvgIpc) is 2.62. The predicted octanol–water partition coefficient (Wildman–Crippen LogP) is 5.34. The zero-order chi connectivity index (χ0) is 16.8. The Balaban J connectivity index is 1.86. The number of nitrogens with zero attached hydrogens (tertiary/aromatic N) is 2. The third-order valence-electron chi connectivity index (χ3n) is 3.93. The molecule has 3 rings (SSSR count). The van der Waals surface area contributed by atoms with Crippen molar-refractivity contribution in [1.82, 2.24) is 0 Å². The first-order chi connectivity index (χ1) is 11.7. The largest absolute Gasteiger partial charge is 0.261 e. The molecule has 2 heteroatoms. The summed E-state index contributed by atoms with van der Waals surface area (Å²) >= 11 is 0. The van der Waals surface area contributed by atoms with E-state index in [9.17, 15) is 0 Å². The van der Waals surface area contributed by atoms with Crippen LogP contribution in [-0.4, -0.2) is 6.21 Å². The van der Waals surface area contributed by atoms with Crippen LogP contribution in [0.1, 0.15) is 22.3 Å². The van der Waals surface area contributed by atoms with Gasteiger partial charge in [-0.05, 0) is 37.1 Å². The van der Waals surface area contributed by atoms with Gasteiger partial charge in [0.15, 0.2) is 0 Å². The number of hydrogen-bond acceptors (Lipinski definition) is 2. The van der Waals surface area contributed by atoms with Crippen molar-refractivity contribution in [3.05, 3.63) is 101 Å². The first-order valence-electron chi connectivity index (χ1n) is 8.19. The topological polar surface area (TPSA) is 15.6 Å². The molecule has 0 aliphatic carbocycles. The molecular weight excluding hydrogens is 292 g/mol. The summed E-state index contributed by atoms with van der Waals surface area (Å²) in [5.41, 5.74) is 5.94. The molecule has 120 valence electrons. The van der Waals surface area contributed by atoms with Gasteiger partial charge in [-0.3, -0.25) is 5.01 Å². The van der Waals surface area contributed by atoms with Gasteiger partial charge in [-0.25, -0.2) is 0 Å². The first kappa shape index (κ1) is 16.0. The molecule has 0 saturated carbocycles. The fraction of sp³-hybridized carbons (Fsp3) is 0.136. The van der Waals surface area contributed by atoms with Crippen LogP contribution >= 0.6 is 0 Å². The van der Waals surface area contributed by atoms with Crippen LogP contribution in [0.3, 0.4) is 0 Å². The van der Waals surface area contributed by atoms with Crippen molar-refractivity contribution < 1.29 is 0 Å². The van der Waals surface area contributed by atoms with E-state index >= 15 is 0 Å². The van der Waals surface area contributed by atoms with Crippen molar-refractivity contribution in [3.8, 4) is 0 Å². The Labute approximate surface area is 144 Å². The van der Waals surface area contributed by atoms with Gasteiger partial charge in [0.2, 0.25) is 0 Å². The number of anilines is 1. The van der Waals surface area contributed by atoms with Crippen molar-refractivity contribution in [3.63, 3.8) is 0 Å². The molecule has 0 heterocycles. The number of benzene rings is 3. The van der Waals surface area contributed by atoms with Gasteiger partial charge in [-0.1, -0.05) is 77.9 Å².